The Labute approximate surface area is 279 Å². The smallest absolute Gasteiger partial charge is 0.229 e. The minimum Gasteiger partial charge on any atom is -0.493 e. The topological polar surface area (TPSA) is 158 Å². The summed E-state index contributed by atoms with van der Waals surface area (Å²) in [5.41, 5.74) is 2.39. The van der Waals surface area contributed by atoms with Crippen molar-refractivity contribution in [1.29, 1.82) is 0 Å². The molecule has 0 radical (unpaired) electrons. The number of methoxy groups -OCH3 is 9. The minimum absolute atomic E-state index is 0.297. The highest BCUT2D eigenvalue weighted by atomic mass is 16.5. The minimum atomic E-state index is 0.297. The summed E-state index contributed by atoms with van der Waals surface area (Å²) in [4.78, 5) is 13.9. The first kappa shape index (κ1) is 35.1. The van der Waals surface area contributed by atoms with Gasteiger partial charge in [-0.25, -0.2) is 0 Å². The molecule has 4 rings (SSSR count). The number of ether oxygens (including phenoxy) is 9. The Morgan fingerprint density at radius 1 is 0.354 bits per heavy atom. The summed E-state index contributed by atoms with van der Waals surface area (Å²) < 4.78 is 49.8. The second kappa shape index (κ2) is 16.7. The van der Waals surface area contributed by atoms with Crippen molar-refractivity contribution in [2.24, 2.45) is 0 Å². The van der Waals surface area contributed by atoms with Crippen molar-refractivity contribution in [3.05, 3.63) is 53.1 Å². The molecule has 0 atom stereocenters. The van der Waals surface area contributed by atoms with Gasteiger partial charge in [-0.2, -0.15) is 15.0 Å². The number of hydrogen-bond acceptors (Lipinski definition) is 15. The number of anilines is 3. The van der Waals surface area contributed by atoms with E-state index in [-0.39, 0.29) is 0 Å². The van der Waals surface area contributed by atoms with E-state index in [4.69, 9.17) is 42.6 Å². The molecule has 0 fully saturated rings. The van der Waals surface area contributed by atoms with Crippen molar-refractivity contribution in [2.75, 3.05) is 79.9 Å². The molecule has 48 heavy (non-hydrogen) atoms. The van der Waals surface area contributed by atoms with E-state index in [0.29, 0.717) is 89.2 Å². The highest BCUT2D eigenvalue weighted by Gasteiger charge is 2.19. The van der Waals surface area contributed by atoms with E-state index in [1.54, 1.807) is 82.2 Å². The number of aromatic nitrogens is 3. The van der Waals surface area contributed by atoms with Gasteiger partial charge in [-0.15, -0.1) is 0 Å². The van der Waals surface area contributed by atoms with Crippen LogP contribution in [0.25, 0.3) is 0 Å². The summed E-state index contributed by atoms with van der Waals surface area (Å²) in [6, 6.07) is 11.0. The Morgan fingerprint density at radius 3 is 0.812 bits per heavy atom. The van der Waals surface area contributed by atoms with E-state index >= 15 is 0 Å². The van der Waals surface area contributed by atoms with Crippen LogP contribution in [0.4, 0.5) is 17.8 Å². The highest BCUT2D eigenvalue weighted by molar-refractivity contribution is 5.59. The molecule has 0 saturated heterocycles. The van der Waals surface area contributed by atoms with Crippen LogP contribution >= 0.6 is 0 Å². The van der Waals surface area contributed by atoms with Gasteiger partial charge in [0.05, 0.1) is 64.0 Å². The number of nitrogens with one attached hydrogen (secondary N) is 3. The van der Waals surface area contributed by atoms with Crippen LogP contribution in [0, 0.1) is 0 Å². The Morgan fingerprint density at radius 2 is 0.604 bits per heavy atom. The van der Waals surface area contributed by atoms with Crippen LogP contribution in [0.2, 0.25) is 0 Å². The van der Waals surface area contributed by atoms with Gasteiger partial charge in [0.15, 0.2) is 34.5 Å². The number of nitrogens with zero attached hydrogens (tertiary/aromatic N) is 3. The monoisotopic (exact) mass is 666 g/mol. The van der Waals surface area contributed by atoms with Gasteiger partial charge in [-0.3, -0.25) is 0 Å². The number of hydrogen-bond donors (Lipinski definition) is 3. The first-order valence-corrected chi connectivity index (χ1v) is 14.7. The van der Waals surface area contributed by atoms with Crippen LogP contribution in [-0.4, -0.2) is 78.9 Å². The maximum atomic E-state index is 5.65. The molecule has 1 aromatic heterocycles. The van der Waals surface area contributed by atoms with E-state index in [1.165, 1.54) is 0 Å². The summed E-state index contributed by atoms with van der Waals surface area (Å²) in [6.45, 7) is 0.915. The second-order valence-electron chi connectivity index (χ2n) is 9.85. The molecular weight excluding hydrogens is 624 g/mol. The van der Waals surface area contributed by atoms with Gasteiger partial charge in [0, 0.05) is 36.3 Å². The van der Waals surface area contributed by atoms with Crippen LogP contribution in [0.5, 0.6) is 51.7 Å². The second-order valence-corrected chi connectivity index (χ2v) is 9.85. The van der Waals surface area contributed by atoms with Gasteiger partial charge < -0.3 is 58.6 Å². The fraction of sp³-hybridized carbons (Fsp3) is 0.364. The predicted octanol–water partition coefficient (Wildman–Crippen LogP) is 4.79. The molecule has 0 saturated carbocycles. The number of rotatable bonds is 18. The van der Waals surface area contributed by atoms with E-state index < -0.39 is 0 Å². The molecule has 0 bridgehead atoms. The lowest BCUT2D eigenvalue weighted by Crippen LogP contribution is -2.14. The SMILES string of the molecule is COc1ccc(CNc2nc(NCc3ccc(OC)c(OC)c3OC)nc(NCc3ccc(OC)c(OC)c3OC)n2)c(OC)c1OC. The lowest BCUT2D eigenvalue weighted by atomic mass is 10.1. The molecule has 15 nitrogen and oxygen atoms in total. The molecule has 0 unspecified atom stereocenters. The van der Waals surface area contributed by atoms with Gasteiger partial charge in [0.25, 0.3) is 0 Å². The molecule has 15 heteroatoms. The molecule has 1 heterocycles. The maximum absolute atomic E-state index is 5.65. The van der Waals surface area contributed by atoms with Crippen LogP contribution < -0.4 is 58.6 Å². The largest absolute Gasteiger partial charge is 0.493 e. The Balaban J connectivity index is 1.66. The van der Waals surface area contributed by atoms with Crippen LogP contribution in [0.3, 0.4) is 0 Å². The summed E-state index contributed by atoms with van der Waals surface area (Å²) in [5, 5.41) is 9.82. The molecular formula is C33H42N6O9. The van der Waals surface area contributed by atoms with Crippen molar-refractivity contribution in [1.82, 2.24) is 15.0 Å². The standard InChI is InChI=1S/C33H42N6O9/c1-40-22-13-10-19(25(43-4)28(22)46-7)16-34-31-37-32(35-17-20-11-14-23(41-2)29(47-8)26(20)44-5)39-33(38-31)36-18-21-12-15-24(42-3)30(48-9)27(21)45-6/h10-15H,16-18H2,1-9H3,(H3,34,35,36,37,38,39). The van der Waals surface area contributed by atoms with Gasteiger partial charge in [-0.1, -0.05) is 0 Å². The zero-order valence-corrected chi connectivity index (χ0v) is 28.6. The first-order chi connectivity index (χ1) is 23.4. The van der Waals surface area contributed by atoms with Crippen LogP contribution in [0.15, 0.2) is 36.4 Å². The maximum Gasteiger partial charge on any atom is 0.229 e. The van der Waals surface area contributed by atoms with Gasteiger partial charge >= 0.3 is 0 Å². The van der Waals surface area contributed by atoms with Crippen molar-refractivity contribution in [3.8, 4) is 51.7 Å². The van der Waals surface area contributed by atoms with E-state index in [1.807, 2.05) is 18.2 Å². The highest BCUT2D eigenvalue weighted by Crippen LogP contribution is 2.42. The average molecular weight is 667 g/mol. The quantitative estimate of drug-likeness (QED) is 0.133. The van der Waals surface area contributed by atoms with E-state index in [2.05, 4.69) is 30.9 Å². The molecule has 0 spiro atoms. The third-order valence-corrected chi connectivity index (χ3v) is 7.30. The summed E-state index contributed by atoms with van der Waals surface area (Å²) in [5.74, 6) is 5.55. The van der Waals surface area contributed by atoms with Crippen molar-refractivity contribution in [2.45, 2.75) is 19.6 Å². The Hall–Kier alpha value is -5.73. The van der Waals surface area contributed by atoms with Gasteiger partial charge in [-0.05, 0) is 36.4 Å². The van der Waals surface area contributed by atoms with Crippen LogP contribution in [-0.2, 0) is 19.6 Å². The van der Waals surface area contributed by atoms with Gasteiger partial charge in [0.1, 0.15) is 0 Å². The third kappa shape index (κ3) is 7.62. The van der Waals surface area contributed by atoms with Crippen molar-refractivity contribution in [3.63, 3.8) is 0 Å². The molecule has 0 aliphatic rings. The molecule has 4 aromatic rings. The fourth-order valence-corrected chi connectivity index (χ4v) is 5.04. The lowest BCUT2D eigenvalue weighted by molar-refractivity contribution is 0.322. The zero-order chi connectivity index (χ0) is 34.6. The molecule has 0 aliphatic carbocycles. The normalized spacial score (nSPS) is 10.4. The fourth-order valence-electron chi connectivity index (χ4n) is 5.04. The molecule has 3 N–H and O–H groups in total. The summed E-state index contributed by atoms with van der Waals surface area (Å²) in [7, 11) is 14.1. The molecule has 3 aromatic carbocycles. The first-order valence-electron chi connectivity index (χ1n) is 14.7. The van der Waals surface area contributed by atoms with E-state index in [9.17, 15) is 0 Å². The average Bonchev–Trinajstić information content (AvgIpc) is 3.13. The Kier molecular flexibility index (Phi) is 12.2. The predicted molar refractivity (Wildman–Crippen MR) is 180 cm³/mol. The summed E-state index contributed by atoms with van der Waals surface area (Å²) in [6.07, 6.45) is 0. The summed E-state index contributed by atoms with van der Waals surface area (Å²) >= 11 is 0. The molecule has 0 amide bonds. The third-order valence-electron chi connectivity index (χ3n) is 7.30. The van der Waals surface area contributed by atoms with Crippen molar-refractivity contribution < 1.29 is 42.6 Å². The van der Waals surface area contributed by atoms with Gasteiger partial charge in [0.2, 0.25) is 35.1 Å². The molecule has 0 aliphatic heterocycles. The zero-order valence-electron chi connectivity index (χ0n) is 28.6. The van der Waals surface area contributed by atoms with Crippen LogP contribution in [0.1, 0.15) is 16.7 Å². The van der Waals surface area contributed by atoms with Crippen molar-refractivity contribution >= 4 is 17.8 Å². The Bertz CT molecular complexity index is 1480. The number of benzene rings is 3. The van der Waals surface area contributed by atoms with E-state index in [0.717, 1.165) is 16.7 Å². The lowest BCUT2D eigenvalue weighted by Gasteiger charge is -2.18. The molecule has 258 valence electrons.